The number of fused-ring (bicyclic) bond motifs is 1. The maximum atomic E-state index is 12.5. The molecule has 0 fully saturated rings. The van der Waals surface area contributed by atoms with E-state index in [-0.39, 0.29) is 6.03 Å². The Hall–Kier alpha value is -2.34. The number of carbonyl (C=O) groups excluding carboxylic acids is 1. The van der Waals surface area contributed by atoms with E-state index in [0.29, 0.717) is 25.5 Å². The molecule has 2 aromatic carbocycles. The SMILES string of the molecule is CSc1cc2c(cc1NC(=O)N(C)Cc1ccccc1)OCCO2. The normalized spacial score (nSPS) is 12.6. The Morgan fingerprint density at radius 1 is 1.17 bits per heavy atom. The lowest BCUT2D eigenvalue weighted by atomic mass is 10.2. The van der Waals surface area contributed by atoms with Gasteiger partial charge in [0, 0.05) is 24.6 Å². The first-order valence-corrected chi connectivity index (χ1v) is 8.93. The van der Waals surface area contributed by atoms with E-state index in [1.165, 1.54) is 0 Å². The minimum absolute atomic E-state index is 0.161. The fourth-order valence-electron chi connectivity index (χ4n) is 2.48. The van der Waals surface area contributed by atoms with E-state index in [1.807, 2.05) is 48.7 Å². The van der Waals surface area contributed by atoms with Crippen molar-refractivity contribution in [1.29, 1.82) is 0 Å². The van der Waals surface area contributed by atoms with Gasteiger partial charge in [0.15, 0.2) is 11.5 Å². The number of hydrogen-bond donors (Lipinski definition) is 1. The molecular formula is C18H20N2O3S. The molecule has 1 N–H and O–H groups in total. The van der Waals surface area contributed by atoms with Gasteiger partial charge in [0.25, 0.3) is 0 Å². The van der Waals surface area contributed by atoms with Crippen LogP contribution in [0, 0.1) is 0 Å². The Bertz CT molecular complexity index is 722. The summed E-state index contributed by atoms with van der Waals surface area (Å²) < 4.78 is 11.2. The first-order valence-electron chi connectivity index (χ1n) is 7.71. The van der Waals surface area contributed by atoms with Crippen LogP contribution in [-0.4, -0.2) is 37.4 Å². The fraction of sp³-hybridized carbons (Fsp3) is 0.278. The molecule has 2 aromatic rings. The van der Waals surface area contributed by atoms with Crippen molar-refractivity contribution < 1.29 is 14.3 Å². The highest BCUT2D eigenvalue weighted by Crippen LogP contribution is 2.39. The highest BCUT2D eigenvalue weighted by atomic mass is 32.2. The van der Waals surface area contributed by atoms with Crippen LogP contribution in [0.5, 0.6) is 11.5 Å². The second-order valence-electron chi connectivity index (χ2n) is 5.47. The molecule has 1 aliphatic heterocycles. The number of carbonyl (C=O) groups is 1. The van der Waals surface area contributed by atoms with Crippen LogP contribution in [0.2, 0.25) is 0 Å². The first-order chi connectivity index (χ1) is 11.7. The standard InChI is InChI=1S/C18H20N2O3S/c1-20(12-13-6-4-3-5-7-13)18(21)19-14-10-15-16(11-17(14)24-2)23-9-8-22-15/h3-7,10-11H,8-9,12H2,1-2H3,(H,19,21). The summed E-state index contributed by atoms with van der Waals surface area (Å²) in [7, 11) is 1.78. The van der Waals surface area contributed by atoms with Gasteiger partial charge >= 0.3 is 6.03 Å². The van der Waals surface area contributed by atoms with Gasteiger partial charge in [0.1, 0.15) is 13.2 Å². The molecule has 0 bridgehead atoms. The van der Waals surface area contributed by atoms with E-state index in [9.17, 15) is 4.79 Å². The van der Waals surface area contributed by atoms with Gasteiger partial charge in [0.05, 0.1) is 5.69 Å². The molecule has 0 atom stereocenters. The van der Waals surface area contributed by atoms with Crippen LogP contribution in [-0.2, 0) is 6.54 Å². The Labute approximate surface area is 145 Å². The van der Waals surface area contributed by atoms with Crippen LogP contribution in [0.25, 0.3) is 0 Å². The number of nitrogens with zero attached hydrogens (tertiary/aromatic N) is 1. The van der Waals surface area contributed by atoms with Gasteiger partial charge in [-0.3, -0.25) is 0 Å². The van der Waals surface area contributed by atoms with Gasteiger partial charge in [-0.1, -0.05) is 30.3 Å². The Balaban J connectivity index is 1.73. The third-order valence-corrected chi connectivity index (χ3v) is 4.49. The molecule has 1 heterocycles. The van der Waals surface area contributed by atoms with E-state index in [4.69, 9.17) is 9.47 Å². The molecule has 0 saturated heterocycles. The van der Waals surface area contributed by atoms with Gasteiger partial charge < -0.3 is 19.7 Å². The minimum Gasteiger partial charge on any atom is -0.486 e. The molecular weight excluding hydrogens is 324 g/mol. The van der Waals surface area contributed by atoms with E-state index in [1.54, 1.807) is 23.7 Å². The highest BCUT2D eigenvalue weighted by Gasteiger charge is 2.18. The zero-order valence-electron chi connectivity index (χ0n) is 13.7. The van der Waals surface area contributed by atoms with Crippen molar-refractivity contribution in [3.8, 4) is 11.5 Å². The number of ether oxygens (including phenoxy) is 2. The number of rotatable bonds is 4. The number of urea groups is 1. The third kappa shape index (κ3) is 3.76. The smallest absolute Gasteiger partial charge is 0.321 e. The molecule has 0 aromatic heterocycles. The van der Waals surface area contributed by atoms with Crippen molar-refractivity contribution in [3.63, 3.8) is 0 Å². The number of thioether (sulfide) groups is 1. The molecule has 126 valence electrons. The molecule has 0 radical (unpaired) electrons. The second-order valence-corrected chi connectivity index (χ2v) is 6.32. The zero-order valence-corrected chi connectivity index (χ0v) is 14.6. The van der Waals surface area contributed by atoms with Gasteiger partial charge in [-0.2, -0.15) is 0 Å². The minimum atomic E-state index is -0.161. The van der Waals surface area contributed by atoms with E-state index < -0.39 is 0 Å². The van der Waals surface area contributed by atoms with Gasteiger partial charge in [-0.25, -0.2) is 4.79 Å². The van der Waals surface area contributed by atoms with Gasteiger partial charge in [-0.05, 0) is 17.9 Å². The zero-order chi connectivity index (χ0) is 16.9. The number of hydrogen-bond acceptors (Lipinski definition) is 4. The molecule has 2 amide bonds. The summed E-state index contributed by atoms with van der Waals surface area (Å²) in [6.45, 7) is 1.62. The molecule has 5 nitrogen and oxygen atoms in total. The average molecular weight is 344 g/mol. The molecule has 0 spiro atoms. The summed E-state index contributed by atoms with van der Waals surface area (Å²) in [4.78, 5) is 15.1. The summed E-state index contributed by atoms with van der Waals surface area (Å²) in [6.07, 6.45) is 1.97. The molecule has 24 heavy (non-hydrogen) atoms. The summed E-state index contributed by atoms with van der Waals surface area (Å²) in [6, 6.07) is 13.5. The molecule has 3 rings (SSSR count). The van der Waals surface area contributed by atoms with Crippen molar-refractivity contribution in [3.05, 3.63) is 48.0 Å². The Kier molecular flexibility index (Phi) is 5.15. The summed E-state index contributed by atoms with van der Waals surface area (Å²) in [5.41, 5.74) is 1.82. The quantitative estimate of drug-likeness (QED) is 0.856. The predicted octanol–water partition coefficient (Wildman–Crippen LogP) is 3.84. The fourth-order valence-corrected chi connectivity index (χ4v) is 3.03. The van der Waals surface area contributed by atoms with Crippen LogP contribution < -0.4 is 14.8 Å². The van der Waals surface area contributed by atoms with E-state index >= 15 is 0 Å². The number of nitrogens with one attached hydrogen (secondary N) is 1. The van der Waals surface area contributed by atoms with Crippen LogP contribution in [0.15, 0.2) is 47.4 Å². The number of amides is 2. The molecule has 6 heteroatoms. The lowest BCUT2D eigenvalue weighted by molar-refractivity contribution is 0.171. The third-order valence-electron chi connectivity index (χ3n) is 3.72. The maximum Gasteiger partial charge on any atom is 0.321 e. The second kappa shape index (κ2) is 7.49. The largest absolute Gasteiger partial charge is 0.486 e. The van der Waals surface area contributed by atoms with Crippen molar-refractivity contribution in [2.24, 2.45) is 0 Å². The van der Waals surface area contributed by atoms with Gasteiger partial charge in [-0.15, -0.1) is 11.8 Å². The topological polar surface area (TPSA) is 50.8 Å². The van der Waals surface area contributed by atoms with Crippen molar-refractivity contribution in [2.45, 2.75) is 11.4 Å². The van der Waals surface area contributed by atoms with Crippen LogP contribution in [0.1, 0.15) is 5.56 Å². The van der Waals surface area contributed by atoms with Crippen molar-refractivity contribution >= 4 is 23.5 Å². The lowest BCUT2D eigenvalue weighted by Gasteiger charge is -2.22. The predicted molar refractivity (Wildman–Crippen MR) is 96.1 cm³/mol. The maximum absolute atomic E-state index is 12.5. The Morgan fingerprint density at radius 2 is 1.83 bits per heavy atom. The van der Waals surface area contributed by atoms with E-state index in [2.05, 4.69) is 5.32 Å². The molecule has 0 unspecified atom stereocenters. The highest BCUT2D eigenvalue weighted by molar-refractivity contribution is 7.98. The van der Waals surface area contributed by atoms with Crippen LogP contribution in [0.4, 0.5) is 10.5 Å². The molecule has 0 saturated carbocycles. The molecule has 0 aliphatic carbocycles. The van der Waals surface area contributed by atoms with E-state index in [0.717, 1.165) is 21.9 Å². The monoisotopic (exact) mass is 344 g/mol. The van der Waals surface area contributed by atoms with Crippen LogP contribution >= 0.6 is 11.8 Å². The first kappa shape index (κ1) is 16.5. The summed E-state index contributed by atoms with van der Waals surface area (Å²) in [5, 5.41) is 2.96. The Morgan fingerprint density at radius 3 is 2.50 bits per heavy atom. The number of benzene rings is 2. The average Bonchev–Trinajstić information content (AvgIpc) is 2.61. The lowest BCUT2D eigenvalue weighted by Crippen LogP contribution is -2.31. The molecule has 1 aliphatic rings. The van der Waals surface area contributed by atoms with Crippen molar-refractivity contribution in [1.82, 2.24) is 4.90 Å². The summed E-state index contributed by atoms with van der Waals surface area (Å²) >= 11 is 1.56. The number of anilines is 1. The summed E-state index contributed by atoms with van der Waals surface area (Å²) in [5.74, 6) is 1.39. The van der Waals surface area contributed by atoms with Crippen LogP contribution in [0.3, 0.4) is 0 Å². The van der Waals surface area contributed by atoms with Crippen molar-refractivity contribution in [2.75, 3.05) is 31.8 Å². The van der Waals surface area contributed by atoms with Gasteiger partial charge in [0.2, 0.25) is 0 Å².